The molecule has 6 heteroatoms. The van der Waals surface area contributed by atoms with Crippen LogP contribution in [0.2, 0.25) is 0 Å². The number of nitrogen functional groups attached to an aromatic ring is 1. The van der Waals surface area contributed by atoms with Gasteiger partial charge in [-0.05, 0) is 24.3 Å². The molecule has 0 radical (unpaired) electrons. The number of anilines is 2. The Morgan fingerprint density at radius 3 is 2.50 bits per heavy atom. The van der Waals surface area contributed by atoms with Gasteiger partial charge < -0.3 is 25.6 Å². The third kappa shape index (κ3) is 2.18. The summed E-state index contributed by atoms with van der Waals surface area (Å²) in [7, 11) is 0. The molecule has 0 unspecified atom stereocenters. The summed E-state index contributed by atoms with van der Waals surface area (Å²) in [5.74, 6) is 0.880. The second kappa shape index (κ2) is 4.65. The van der Waals surface area contributed by atoms with Gasteiger partial charge in [-0.2, -0.15) is 0 Å². The summed E-state index contributed by atoms with van der Waals surface area (Å²) in [6.45, 7) is 0.143. The van der Waals surface area contributed by atoms with Gasteiger partial charge in [0.25, 0.3) is 5.91 Å². The fourth-order valence-electron chi connectivity index (χ4n) is 1.87. The van der Waals surface area contributed by atoms with E-state index in [9.17, 15) is 9.90 Å². The van der Waals surface area contributed by atoms with E-state index in [-0.39, 0.29) is 18.4 Å². The lowest BCUT2D eigenvalue weighted by Crippen LogP contribution is -2.13. The SMILES string of the molecule is Nc1cc2c(cc1NC(=O)c1ccc(O)cc1)OCO2. The number of amides is 1. The van der Waals surface area contributed by atoms with E-state index in [0.29, 0.717) is 28.4 Å². The Morgan fingerprint density at radius 2 is 1.80 bits per heavy atom. The van der Waals surface area contributed by atoms with Crippen molar-refractivity contribution >= 4 is 17.3 Å². The van der Waals surface area contributed by atoms with E-state index in [2.05, 4.69) is 5.32 Å². The monoisotopic (exact) mass is 272 g/mol. The van der Waals surface area contributed by atoms with Crippen LogP contribution < -0.4 is 20.5 Å². The molecule has 0 spiro atoms. The largest absolute Gasteiger partial charge is 0.508 e. The van der Waals surface area contributed by atoms with Crippen molar-refractivity contribution in [2.75, 3.05) is 17.8 Å². The molecule has 0 saturated carbocycles. The molecule has 0 aliphatic carbocycles. The Bertz CT molecular complexity index is 668. The Balaban J connectivity index is 1.84. The molecular weight excluding hydrogens is 260 g/mol. The maximum absolute atomic E-state index is 12.1. The van der Waals surface area contributed by atoms with Gasteiger partial charge in [-0.3, -0.25) is 4.79 Å². The number of fused-ring (bicyclic) bond motifs is 1. The maximum Gasteiger partial charge on any atom is 0.255 e. The average Bonchev–Trinajstić information content (AvgIpc) is 2.87. The summed E-state index contributed by atoms with van der Waals surface area (Å²) < 4.78 is 10.4. The summed E-state index contributed by atoms with van der Waals surface area (Å²) >= 11 is 0. The minimum atomic E-state index is -0.324. The molecule has 4 N–H and O–H groups in total. The van der Waals surface area contributed by atoms with Gasteiger partial charge in [-0.25, -0.2) is 0 Å². The lowest BCUT2D eigenvalue weighted by molar-refractivity contribution is 0.102. The van der Waals surface area contributed by atoms with E-state index in [1.54, 1.807) is 12.1 Å². The zero-order valence-corrected chi connectivity index (χ0v) is 10.4. The number of nitrogens with one attached hydrogen (secondary N) is 1. The highest BCUT2D eigenvalue weighted by Gasteiger charge is 2.17. The molecule has 0 atom stereocenters. The molecule has 102 valence electrons. The molecule has 1 aliphatic rings. The fraction of sp³-hybridized carbons (Fsp3) is 0.0714. The summed E-state index contributed by atoms with van der Waals surface area (Å²) in [4.78, 5) is 12.1. The molecule has 2 aromatic rings. The lowest BCUT2D eigenvalue weighted by Gasteiger charge is -2.09. The molecule has 6 nitrogen and oxygen atoms in total. The number of hydrogen-bond acceptors (Lipinski definition) is 5. The standard InChI is InChI=1S/C14H12N2O4/c15-10-5-12-13(20-7-19-12)6-11(10)16-14(18)8-1-3-9(17)4-2-8/h1-6,17H,7,15H2,(H,16,18). The molecular formula is C14H12N2O4. The van der Waals surface area contributed by atoms with Crippen molar-refractivity contribution in [1.29, 1.82) is 0 Å². The van der Waals surface area contributed by atoms with Crippen LogP contribution in [0, 0.1) is 0 Å². The summed E-state index contributed by atoms with van der Waals surface area (Å²) in [5, 5.41) is 11.9. The van der Waals surface area contributed by atoms with Crippen LogP contribution in [0.1, 0.15) is 10.4 Å². The average molecular weight is 272 g/mol. The highest BCUT2D eigenvalue weighted by Crippen LogP contribution is 2.38. The van der Waals surface area contributed by atoms with Crippen LogP contribution in [-0.4, -0.2) is 17.8 Å². The summed E-state index contributed by atoms with van der Waals surface area (Å²) in [6.07, 6.45) is 0. The number of nitrogens with two attached hydrogens (primary N) is 1. The molecule has 1 aliphatic heterocycles. The van der Waals surface area contributed by atoms with Gasteiger partial charge in [0.15, 0.2) is 11.5 Å². The Labute approximate surface area is 114 Å². The minimum Gasteiger partial charge on any atom is -0.508 e. The van der Waals surface area contributed by atoms with Crippen molar-refractivity contribution in [2.24, 2.45) is 0 Å². The van der Waals surface area contributed by atoms with Crippen molar-refractivity contribution < 1.29 is 19.4 Å². The van der Waals surface area contributed by atoms with Crippen LogP contribution >= 0.6 is 0 Å². The first kappa shape index (κ1) is 12.2. The topological polar surface area (TPSA) is 93.8 Å². The zero-order chi connectivity index (χ0) is 14.1. The van der Waals surface area contributed by atoms with Crippen LogP contribution in [0.4, 0.5) is 11.4 Å². The molecule has 1 heterocycles. The van der Waals surface area contributed by atoms with Crippen molar-refractivity contribution in [3.05, 3.63) is 42.0 Å². The first-order valence-corrected chi connectivity index (χ1v) is 5.93. The number of carbonyl (C=O) groups excluding carboxylic acids is 1. The quantitative estimate of drug-likeness (QED) is 0.726. The Morgan fingerprint density at radius 1 is 1.15 bits per heavy atom. The van der Waals surface area contributed by atoms with E-state index in [1.165, 1.54) is 24.3 Å². The van der Waals surface area contributed by atoms with Crippen molar-refractivity contribution in [2.45, 2.75) is 0 Å². The van der Waals surface area contributed by atoms with E-state index in [1.807, 2.05) is 0 Å². The third-order valence-corrected chi connectivity index (χ3v) is 2.92. The molecule has 0 saturated heterocycles. The highest BCUT2D eigenvalue weighted by atomic mass is 16.7. The minimum absolute atomic E-state index is 0.101. The van der Waals surface area contributed by atoms with Gasteiger partial charge in [-0.15, -0.1) is 0 Å². The number of phenols is 1. The van der Waals surface area contributed by atoms with E-state index in [0.717, 1.165) is 0 Å². The summed E-state index contributed by atoms with van der Waals surface area (Å²) in [6, 6.07) is 9.16. The molecule has 2 aromatic carbocycles. The van der Waals surface area contributed by atoms with Gasteiger partial charge in [0, 0.05) is 17.7 Å². The van der Waals surface area contributed by atoms with Crippen LogP contribution in [0.5, 0.6) is 17.2 Å². The number of benzene rings is 2. The predicted octanol–water partition coefficient (Wildman–Crippen LogP) is 1.96. The third-order valence-electron chi connectivity index (χ3n) is 2.92. The van der Waals surface area contributed by atoms with Crippen LogP contribution in [0.3, 0.4) is 0 Å². The van der Waals surface area contributed by atoms with Gasteiger partial charge in [0.2, 0.25) is 6.79 Å². The number of hydrogen-bond donors (Lipinski definition) is 3. The van der Waals surface area contributed by atoms with Crippen molar-refractivity contribution in [3.63, 3.8) is 0 Å². The second-order valence-corrected chi connectivity index (χ2v) is 4.29. The normalized spacial score (nSPS) is 12.2. The van der Waals surface area contributed by atoms with Crippen LogP contribution in [0.25, 0.3) is 0 Å². The maximum atomic E-state index is 12.1. The predicted molar refractivity (Wildman–Crippen MR) is 73.0 cm³/mol. The molecule has 20 heavy (non-hydrogen) atoms. The second-order valence-electron chi connectivity index (χ2n) is 4.29. The smallest absolute Gasteiger partial charge is 0.255 e. The lowest BCUT2D eigenvalue weighted by atomic mass is 10.2. The highest BCUT2D eigenvalue weighted by molar-refractivity contribution is 6.06. The van der Waals surface area contributed by atoms with Crippen LogP contribution in [-0.2, 0) is 0 Å². The number of aromatic hydroxyl groups is 1. The fourth-order valence-corrected chi connectivity index (χ4v) is 1.87. The Kier molecular flexibility index (Phi) is 2.83. The van der Waals surface area contributed by atoms with Gasteiger partial charge in [0.1, 0.15) is 5.75 Å². The number of rotatable bonds is 2. The molecule has 3 rings (SSSR count). The molecule has 1 amide bonds. The first-order valence-electron chi connectivity index (χ1n) is 5.93. The molecule has 0 aromatic heterocycles. The van der Waals surface area contributed by atoms with Crippen LogP contribution in [0.15, 0.2) is 36.4 Å². The number of phenolic OH excluding ortho intramolecular Hbond substituents is 1. The number of carbonyl (C=O) groups is 1. The zero-order valence-electron chi connectivity index (χ0n) is 10.4. The van der Waals surface area contributed by atoms with Crippen molar-refractivity contribution in [1.82, 2.24) is 0 Å². The van der Waals surface area contributed by atoms with Crippen molar-refractivity contribution in [3.8, 4) is 17.2 Å². The van der Waals surface area contributed by atoms with Gasteiger partial charge >= 0.3 is 0 Å². The molecule has 0 bridgehead atoms. The molecule has 0 fully saturated rings. The number of ether oxygens (including phenoxy) is 2. The van der Waals surface area contributed by atoms with E-state index in [4.69, 9.17) is 15.2 Å². The Hall–Kier alpha value is -2.89. The van der Waals surface area contributed by atoms with Gasteiger partial charge in [0.05, 0.1) is 11.4 Å². The van der Waals surface area contributed by atoms with E-state index < -0.39 is 0 Å². The first-order chi connectivity index (χ1) is 9.63. The van der Waals surface area contributed by atoms with Gasteiger partial charge in [-0.1, -0.05) is 0 Å². The van der Waals surface area contributed by atoms with E-state index >= 15 is 0 Å². The summed E-state index contributed by atoms with van der Waals surface area (Å²) in [5.41, 5.74) is 7.11.